The number of hydrogen-bond donors (Lipinski definition) is 0. The normalized spacial score (nSPS) is 13.0. The van der Waals surface area contributed by atoms with Crippen molar-refractivity contribution in [3.8, 4) is 21.7 Å². The molecule has 1 aliphatic rings. The molecule has 1 aromatic carbocycles. The van der Waals surface area contributed by atoms with Gasteiger partial charge in [-0.1, -0.05) is 35.9 Å². The molecule has 0 spiro atoms. The highest BCUT2D eigenvalue weighted by atomic mass is 32.1. The van der Waals surface area contributed by atoms with Gasteiger partial charge in [0, 0.05) is 10.3 Å². The highest BCUT2D eigenvalue weighted by Gasteiger charge is 2.27. The third-order valence-electron chi connectivity index (χ3n) is 5.67. The van der Waals surface area contributed by atoms with E-state index in [0.29, 0.717) is 6.61 Å². The molecule has 0 saturated carbocycles. The molecule has 0 N–H and O–H groups in total. The summed E-state index contributed by atoms with van der Waals surface area (Å²) >= 11 is 3.49. The summed E-state index contributed by atoms with van der Waals surface area (Å²) in [4.78, 5) is 21.4. The first-order valence-electron chi connectivity index (χ1n) is 10.4. The molecule has 0 radical (unpaired) electrons. The first-order valence-corrected chi connectivity index (χ1v) is 12.1. The van der Waals surface area contributed by atoms with Crippen LogP contribution in [0, 0.1) is 6.92 Å². The highest BCUT2D eigenvalue weighted by Crippen LogP contribution is 2.46. The van der Waals surface area contributed by atoms with Crippen LogP contribution < -0.4 is 0 Å². The third kappa shape index (κ3) is 3.36. The smallest absolute Gasteiger partial charge is 0.310 e. The number of nitrogens with zero attached hydrogens (tertiary/aromatic N) is 1. The SMILES string of the molecule is CCOC(=O)Cc1c(-c2cccs2)nc2sc3c(c2c1-c1ccc(C)cc1)CCC3. The molecule has 1 aliphatic carbocycles. The van der Waals surface area contributed by atoms with Crippen molar-refractivity contribution in [1.29, 1.82) is 0 Å². The number of fused-ring (bicyclic) bond motifs is 3. The summed E-state index contributed by atoms with van der Waals surface area (Å²) in [5, 5.41) is 3.31. The second-order valence-corrected chi connectivity index (χ2v) is 9.71. The van der Waals surface area contributed by atoms with Gasteiger partial charge >= 0.3 is 5.97 Å². The Labute approximate surface area is 184 Å². The van der Waals surface area contributed by atoms with Crippen LogP contribution >= 0.6 is 22.7 Å². The predicted octanol–water partition coefficient (Wildman–Crippen LogP) is 6.59. The molecule has 3 aromatic heterocycles. The van der Waals surface area contributed by atoms with Crippen molar-refractivity contribution >= 4 is 38.9 Å². The second-order valence-electron chi connectivity index (χ2n) is 7.68. The molecular weight excluding hydrogens is 410 g/mol. The Balaban J connectivity index is 1.85. The number of esters is 1. The number of carbonyl (C=O) groups is 1. The largest absolute Gasteiger partial charge is 0.466 e. The lowest BCUT2D eigenvalue weighted by atomic mass is 9.91. The Kier molecular flexibility index (Phi) is 5.17. The first kappa shape index (κ1) is 19.5. The Hall–Kier alpha value is -2.50. The molecule has 5 rings (SSSR count). The topological polar surface area (TPSA) is 39.2 Å². The van der Waals surface area contributed by atoms with E-state index in [-0.39, 0.29) is 12.4 Å². The van der Waals surface area contributed by atoms with Gasteiger partial charge in [0.05, 0.1) is 23.6 Å². The van der Waals surface area contributed by atoms with E-state index in [1.807, 2.05) is 24.3 Å². The van der Waals surface area contributed by atoms with Crippen LogP contribution in [0.15, 0.2) is 41.8 Å². The van der Waals surface area contributed by atoms with Crippen LogP contribution in [0.5, 0.6) is 0 Å². The van der Waals surface area contributed by atoms with Gasteiger partial charge in [0.25, 0.3) is 0 Å². The lowest BCUT2D eigenvalue weighted by Gasteiger charge is -2.16. The van der Waals surface area contributed by atoms with Gasteiger partial charge in [-0.25, -0.2) is 4.98 Å². The quantitative estimate of drug-likeness (QED) is 0.333. The maximum atomic E-state index is 12.6. The molecule has 0 amide bonds. The Bertz CT molecular complexity index is 1220. The molecule has 3 nitrogen and oxygen atoms in total. The van der Waals surface area contributed by atoms with E-state index in [1.54, 1.807) is 11.3 Å². The summed E-state index contributed by atoms with van der Waals surface area (Å²) in [5.74, 6) is -0.198. The number of aryl methyl sites for hydroxylation is 3. The molecule has 0 unspecified atom stereocenters. The van der Waals surface area contributed by atoms with Gasteiger partial charge in [-0.3, -0.25) is 4.79 Å². The van der Waals surface area contributed by atoms with Crippen molar-refractivity contribution in [2.24, 2.45) is 0 Å². The average Bonchev–Trinajstić information content (AvgIpc) is 3.46. The van der Waals surface area contributed by atoms with E-state index in [0.717, 1.165) is 44.9 Å². The standard InChI is InChI=1S/C25H23NO2S2/c1-3-28-21(27)14-18-22(16-11-9-15(2)10-12-16)23-17-6-4-7-19(17)30-25(23)26-24(18)20-8-5-13-29-20/h5,8-13H,3-4,6-7,14H2,1-2H3. The molecular formula is C25H23NO2S2. The molecule has 30 heavy (non-hydrogen) atoms. The van der Waals surface area contributed by atoms with Crippen LogP contribution in [0.4, 0.5) is 0 Å². The summed E-state index contributed by atoms with van der Waals surface area (Å²) in [5.41, 5.74) is 6.88. The fourth-order valence-corrected chi connectivity index (χ4v) is 6.36. The van der Waals surface area contributed by atoms with Gasteiger partial charge in [0.1, 0.15) is 4.83 Å². The van der Waals surface area contributed by atoms with E-state index in [9.17, 15) is 4.79 Å². The zero-order valence-corrected chi connectivity index (χ0v) is 18.8. The van der Waals surface area contributed by atoms with E-state index < -0.39 is 0 Å². The van der Waals surface area contributed by atoms with Crippen LogP contribution in [0.25, 0.3) is 31.9 Å². The lowest BCUT2D eigenvalue weighted by molar-refractivity contribution is -0.142. The minimum Gasteiger partial charge on any atom is -0.466 e. The summed E-state index contributed by atoms with van der Waals surface area (Å²) < 4.78 is 5.35. The van der Waals surface area contributed by atoms with Gasteiger partial charge in [0.2, 0.25) is 0 Å². The molecule has 4 aromatic rings. The molecule has 3 heterocycles. The Morgan fingerprint density at radius 3 is 2.73 bits per heavy atom. The average molecular weight is 434 g/mol. The molecule has 0 aliphatic heterocycles. The highest BCUT2D eigenvalue weighted by molar-refractivity contribution is 7.19. The van der Waals surface area contributed by atoms with Crippen molar-refractivity contribution in [2.45, 2.75) is 39.5 Å². The fourth-order valence-electron chi connectivity index (χ4n) is 4.35. The van der Waals surface area contributed by atoms with Crippen molar-refractivity contribution in [2.75, 3.05) is 6.61 Å². The van der Waals surface area contributed by atoms with Crippen LogP contribution in [0.3, 0.4) is 0 Å². The number of pyridine rings is 1. The van der Waals surface area contributed by atoms with Crippen LogP contribution in [-0.4, -0.2) is 17.6 Å². The van der Waals surface area contributed by atoms with Crippen molar-refractivity contribution < 1.29 is 9.53 Å². The number of rotatable bonds is 5. The van der Waals surface area contributed by atoms with E-state index in [4.69, 9.17) is 9.72 Å². The first-order chi connectivity index (χ1) is 14.7. The Morgan fingerprint density at radius 1 is 1.17 bits per heavy atom. The van der Waals surface area contributed by atoms with Gasteiger partial charge in [-0.2, -0.15) is 0 Å². The Morgan fingerprint density at radius 2 is 2.00 bits per heavy atom. The summed E-state index contributed by atoms with van der Waals surface area (Å²) in [6.07, 6.45) is 3.65. The van der Waals surface area contributed by atoms with Gasteiger partial charge in [-0.15, -0.1) is 22.7 Å². The summed E-state index contributed by atoms with van der Waals surface area (Å²) in [6.45, 7) is 4.34. The monoisotopic (exact) mass is 433 g/mol. The molecule has 152 valence electrons. The van der Waals surface area contributed by atoms with Gasteiger partial charge < -0.3 is 4.74 Å². The molecule has 0 fully saturated rings. The van der Waals surface area contributed by atoms with E-state index in [2.05, 4.69) is 42.6 Å². The van der Waals surface area contributed by atoms with E-state index in [1.165, 1.54) is 27.8 Å². The number of carbonyl (C=O) groups excluding carboxylic acids is 1. The maximum Gasteiger partial charge on any atom is 0.310 e. The number of aromatic nitrogens is 1. The fraction of sp³-hybridized carbons (Fsp3) is 0.280. The zero-order valence-electron chi connectivity index (χ0n) is 17.2. The van der Waals surface area contributed by atoms with E-state index >= 15 is 0 Å². The summed E-state index contributed by atoms with van der Waals surface area (Å²) in [7, 11) is 0. The number of ether oxygens (including phenoxy) is 1. The number of thiophene rings is 2. The minimum atomic E-state index is -0.198. The molecule has 0 bridgehead atoms. The van der Waals surface area contributed by atoms with Gasteiger partial charge in [0.15, 0.2) is 0 Å². The number of hydrogen-bond acceptors (Lipinski definition) is 5. The maximum absolute atomic E-state index is 12.6. The van der Waals surface area contributed by atoms with Gasteiger partial charge in [-0.05, 0) is 66.8 Å². The second kappa shape index (κ2) is 7.97. The van der Waals surface area contributed by atoms with Crippen LogP contribution in [-0.2, 0) is 28.8 Å². The zero-order chi connectivity index (χ0) is 20.7. The van der Waals surface area contributed by atoms with Crippen molar-refractivity contribution in [3.05, 3.63) is 63.3 Å². The molecule has 0 saturated heterocycles. The third-order valence-corrected chi connectivity index (χ3v) is 7.74. The minimum absolute atomic E-state index is 0.198. The van der Waals surface area contributed by atoms with Crippen molar-refractivity contribution in [1.82, 2.24) is 4.98 Å². The van der Waals surface area contributed by atoms with Crippen molar-refractivity contribution in [3.63, 3.8) is 0 Å². The van der Waals surface area contributed by atoms with Crippen LogP contribution in [0.2, 0.25) is 0 Å². The molecule has 5 heteroatoms. The number of benzene rings is 1. The molecule has 0 atom stereocenters. The lowest BCUT2D eigenvalue weighted by Crippen LogP contribution is -2.10. The predicted molar refractivity (Wildman–Crippen MR) is 125 cm³/mol. The van der Waals surface area contributed by atoms with Crippen LogP contribution in [0.1, 0.15) is 34.9 Å². The summed E-state index contributed by atoms with van der Waals surface area (Å²) in [6, 6.07) is 12.8.